The van der Waals surface area contributed by atoms with Gasteiger partial charge in [0.25, 0.3) is 0 Å². The molecule has 1 atom stereocenters. The topological polar surface area (TPSA) is 73.6 Å². The fourth-order valence-corrected chi connectivity index (χ4v) is 2.49. The molecule has 5 heteroatoms. The number of unbranched alkanes of at least 4 members (excludes halogenated alkanes) is 1. The fourth-order valence-electron chi connectivity index (χ4n) is 2.49. The van der Waals surface area contributed by atoms with E-state index >= 15 is 0 Å². The molecule has 2 saturated carbocycles. The zero-order chi connectivity index (χ0) is 14.4. The molecule has 0 spiro atoms. The summed E-state index contributed by atoms with van der Waals surface area (Å²) in [5.74, 6) is 0.0837. The maximum absolute atomic E-state index is 11.9. The molecule has 2 rings (SSSR count). The molecule has 1 amide bonds. The first-order valence-electron chi connectivity index (χ1n) is 7.92. The first-order chi connectivity index (χ1) is 9.69. The highest BCUT2D eigenvalue weighted by Gasteiger charge is 2.52. The second-order valence-corrected chi connectivity index (χ2v) is 6.05. The molecule has 1 unspecified atom stereocenters. The lowest BCUT2D eigenvalue weighted by atomic mass is 9.93. The van der Waals surface area contributed by atoms with Crippen LogP contribution in [0.4, 0.5) is 0 Å². The number of carbonyl (C=O) groups is 1. The van der Waals surface area contributed by atoms with E-state index in [-0.39, 0.29) is 5.91 Å². The van der Waals surface area contributed by atoms with Gasteiger partial charge in [-0.3, -0.25) is 10.1 Å². The Morgan fingerprint density at radius 2 is 1.90 bits per heavy atom. The second-order valence-electron chi connectivity index (χ2n) is 6.05. The first kappa shape index (κ1) is 15.7. The van der Waals surface area contributed by atoms with E-state index in [1.807, 2.05) is 0 Å². The Bertz CT molecular complexity index is 316. The number of primary amides is 1. The van der Waals surface area contributed by atoms with Crippen LogP contribution in [0.15, 0.2) is 0 Å². The van der Waals surface area contributed by atoms with Gasteiger partial charge in [-0.1, -0.05) is 13.3 Å². The Kier molecular flexibility index (Phi) is 5.81. The average molecular weight is 284 g/mol. The average Bonchev–Trinajstić information content (AvgIpc) is 3.27. The van der Waals surface area contributed by atoms with Crippen molar-refractivity contribution in [3.05, 3.63) is 0 Å². The van der Waals surface area contributed by atoms with Crippen molar-refractivity contribution >= 4 is 5.91 Å². The van der Waals surface area contributed by atoms with Gasteiger partial charge in [0, 0.05) is 12.6 Å². The number of rotatable bonds is 12. The van der Waals surface area contributed by atoms with Crippen LogP contribution in [0.25, 0.3) is 0 Å². The van der Waals surface area contributed by atoms with Gasteiger partial charge in [-0.2, -0.15) is 0 Å². The molecule has 0 aromatic carbocycles. The van der Waals surface area contributed by atoms with Crippen molar-refractivity contribution < 1.29 is 14.3 Å². The summed E-state index contributed by atoms with van der Waals surface area (Å²) in [6.45, 7) is 4.41. The van der Waals surface area contributed by atoms with Gasteiger partial charge in [-0.15, -0.1) is 0 Å². The summed E-state index contributed by atoms with van der Waals surface area (Å²) in [6.07, 6.45) is 6.64. The molecule has 0 heterocycles. The number of carbonyl (C=O) groups excluding carboxylic acids is 1. The number of amides is 1. The summed E-state index contributed by atoms with van der Waals surface area (Å²) in [6, 6.07) is 0.451. The minimum atomic E-state index is -0.648. The van der Waals surface area contributed by atoms with Crippen LogP contribution in [-0.4, -0.2) is 43.9 Å². The summed E-state index contributed by atoms with van der Waals surface area (Å²) in [7, 11) is 0. The predicted molar refractivity (Wildman–Crippen MR) is 77.4 cm³/mol. The van der Waals surface area contributed by atoms with E-state index in [1.54, 1.807) is 0 Å². The van der Waals surface area contributed by atoms with Crippen LogP contribution in [0.5, 0.6) is 0 Å². The molecular formula is C15H28N2O3. The smallest absolute Gasteiger partial charge is 0.240 e. The highest BCUT2D eigenvalue weighted by atomic mass is 16.5. The zero-order valence-corrected chi connectivity index (χ0v) is 12.5. The Morgan fingerprint density at radius 3 is 2.45 bits per heavy atom. The van der Waals surface area contributed by atoms with Crippen molar-refractivity contribution in [1.29, 1.82) is 0 Å². The van der Waals surface area contributed by atoms with E-state index in [9.17, 15) is 4.79 Å². The van der Waals surface area contributed by atoms with E-state index in [0.29, 0.717) is 31.8 Å². The second kappa shape index (κ2) is 7.38. The van der Waals surface area contributed by atoms with E-state index < -0.39 is 5.54 Å². The molecule has 2 fully saturated rings. The normalized spacial score (nSPS) is 21.6. The molecule has 0 saturated heterocycles. The summed E-state index contributed by atoms with van der Waals surface area (Å²) in [5, 5.41) is 3.44. The summed E-state index contributed by atoms with van der Waals surface area (Å²) >= 11 is 0. The van der Waals surface area contributed by atoms with Crippen LogP contribution in [0.3, 0.4) is 0 Å². The Labute approximate surface area is 121 Å². The minimum absolute atomic E-state index is 0.265. The summed E-state index contributed by atoms with van der Waals surface area (Å²) < 4.78 is 11.1. The maximum Gasteiger partial charge on any atom is 0.240 e. The zero-order valence-electron chi connectivity index (χ0n) is 12.5. The van der Waals surface area contributed by atoms with Crippen molar-refractivity contribution in [3.63, 3.8) is 0 Å². The van der Waals surface area contributed by atoms with Crippen molar-refractivity contribution in [2.45, 2.75) is 57.0 Å². The third-order valence-electron chi connectivity index (χ3n) is 4.10. The van der Waals surface area contributed by atoms with Gasteiger partial charge >= 0.3 is 0 Å². The van der Waals surface area contributed by atoms with Gasteiger partial charge in [0.2, 0.25) is 5.91 Å². The van der Waals surface area contributed by atoms with E-state index in [2.05, 4.69) is 12.2 Å². The highest BCUT2D eigenvalue weighted by molar-refractivity contribution is 5.86. The predicted octanol–water partition coefficient (Wildman–Crippen LogP) is 1.21. The van der Waals surface area contributed by atoms with Crippen LogP contribution >= 0.6 is 0 Å². The SMILES string of the molecule is CCCCOCCOCC(NC1CC1)(C(N)=O)C1CC1. The Morgan fingerprint density at radius 1 is 1.20 bits per heavy atom. The molecule has 0 aliphatic heterocycles. The molecule has 5 nitrogen and oxygen atoms in total. The van der Waals surface area contributed by atoms with E-state index in [0.717, 1.165) is 45.1 Å². The van der Waals surface area contributed by atoms with Gasteiger partial charge in [-0.05, 0) is 38.0 Å². The quantitative estimate of drug-likeness (QED) is 0.528. The van der Waals surface area contributed by atoms with Crippen molar-refractivity contribution in [3.8, 4) is 0 Å². The van der Waals surface area contributed by atoms with Gasteiger partial charge in [0.15, 0.2) is 0 Å². The standard InChI is InChI=1S/C15H28N2O3/c1-2-3-8-19-9-10-20-11-15(14(16)18,12-4-5-12)17-13-6-7-13/h12-13,17H,2-11H2,1H3,(H2,16,18). The number of hydrogen-bond acceptors (Lipinski definition) is 4. The van der Waals surface area contributed by atoms with E-state index in [1.165, 1.54) is 0 Å². The number of nitrogens with two attached hydrogens (primary N) is 1. The van der Waals surface area contributed by atoms with Crippen molar-refractivity contribution in [2.75, 3.05) is 26.4 Å². The van der Waals surface area contributed by atoms with Crippen LogP contribution in [0, 0.1) is 5.92 Å². The lowest BCUT2D eigenvalue weighted by Crippen LogP contribution is -2.61. The van der Waals surface area contributed by atoms with Crippen molar-refractivity contribution in [2.24, 2.45) is 11.7 Å². The number of nitrogens with one attached hydrogen (secondary N) is 1. The van der Waals surface area contributed by atoms with Crippen LogP contribution in [0.1, 0.15) is 45.4 Å². The monoisotopic (exact) mass is 284 g/mol. The molecular weight excluding hydrogens is 256 g/mol. The number of ether oxygens (including phenoxy) is 2. The molecule has 116 valence electrons. The molecule has 0 aromatic heterocycles. The Balaban J connectivity index is 1.71. The molecule has 3 N–H and O–H groups in total. The minimum Gasteiger partial charge on any atom is -0.379 e. The number of hydrogen-bond donors (Lipinski definition) is 2. The van der Waals surface area contributed by atoms with Gasteiger partial charge in [0.1, 0.15) is 5.54 Å². The van der Waals surface area contributed by atoms with E-state index in [4.69, 9.17) is 15.2 Å². The lowest BCUT2D eigenvalue weighted by molar-refractivity contribution is -0.128. The molecule has 0 bridgehead atoms. The van der Waals surface area contributed by atoms with Crippen LogP contribution < -0.4 is 11.1 Å². The summed E-state index contributed by atoms with van der Waals surface area (Å²) in [4.78, 5) is 11.9. The third kappa shape index (κ3) is 4.43. The first-order valence-corrected chi connectivity index (χ1v) is 7.92. The van der Waals surface area contributed by atoms with Crippen LogP contribution in [-0.2, 0) is 14.3 Å². The van der Waals surface area contributed by atoms with Crippen LogP contribution in [0.2, 0.25) is 0 Å². The lowest BCUT2D eigenvalue weighted by Gasteiger charge is -2.32. The van der Waals surface area contributed by atoms with Gasteiger partial charge in [0.05, 0.1) is 19.8 Å². The highest BCUT2D eigenvalue weighted by Crippen LogP contribution is 2.41. The molecule has 0 aromatic rings. The third-order valence-corrected chi connectivity index (χ3v) is 4.10. The molecule has 2 aliphatic carbocycles. The van der Waals surface area contributed by atoms with Crippen molar-refractivity contribution in [1.82, 2.24) is 5.32 Å². The molecule has 20 heavy (non-hydrogen) atoms. The maximum atomic E-state index is 11.9. The summed E-state index contributed by atoms with van der Waals surface area (Å²) in [5.41, 5.74) is 5.01. The molecule has 0 radical (unpaired) electrons. The van der Waals surface area contributed by atoms with Gasteiger partial charge in [-0.25, -0.2) is 0 Å². The Hall–Kier alpha value is -0.650. The fraction of sp³-hybridized carbons (Fsp3) is 0.933. The largest absolute Gasteiger partial charge is 0.379 e. The molecule has 2 aliphatic rings. The van der Waals surface area contributed by atoms with Gasteiger partial charge < -0.3 is 15.2 Å².